The van der Waals surface area contributed by atoms with Crippen LogP contribution in [0.25, 0.3) is 0 Å². The van der Waals surface area contributed by atoms with Crippen molar-refractivity contribution in [2.24, 2.45) is 5.92 Å². The Hall–Kier alpha value is -0.120. The fourth-order valence-corrected chi connectivity index (χ4v) is 1.04. The molecule has 3 heteroatoms. The molecule has 1 saturated heterocycles. The minimum absolute atomic E-state index is 0.490. The number of rotatable bonds is 2. The summed E-state index contributed by atoms with van der Waals surface area (Å²) in [6.07, 6.45) is 0. The van der Waals surface area contributed by atoms with Crippen LogP contribution in [0.4, 0.5) is 0 Å². The summed E-state index contributed by atoms with van der Waals surface area (Å²) in [7, 11) is 2.05. The third kappa shape index (κ3) is 1.18. The molecule has 0 spiro atoms. The summed E-state index contributed by atoms with van der Waals surface area (Å²) >= 11 is 0. The van der Waals surface area contributed by atoms with Gasteiger partial charge in [0, 0.05) is 19.0 Å². The number of likely N-dealkylation sites (tertiary alicyclic amines) is 1. The number of nitrogens with zero attached hydrogens (tertiary/aromatic N) is 1. The molecule has 3 nitrogen and oxygen atoms in total. The van der Waals surface area contributed by atoms with E-state index in [0.717, 1.165) is 13.1 Å². The van der Waals surface area contributed by atoms with Gasteiger partial charge in [-0.05, 0) is 7.05 Å². The first-order valence-electron chi connectivity index (χ1n) is 2.78. The topological polar surface area (TPSA) is 32.7 Å². The first kappa shape index (κ1) is 6.01. The summed E-state index contributed by atoms with van der Waals surface area (Å²) in [4.78, 5) is 6.15. The molecular weight excluding hydrogens is 106 g/mol. The molecule has 1 N–H and O–H groups in total. The summed E-state index contributed by atoms with van der Waals surface area (Å²) in [6, 6.07) is 0. The maximum atomic E-state index is 7.97. The Balaban J connectivity index is 1.98. The Bertz CT molecular complexity index is 68.1. The van der Waals surface area contributed by atoms with Crippen molar-refractivity contribution in [3.05, 3.63) is 0 Å². The highest BCUT2D eigenvalue weighted by Gasteiger charge is 2.22. The quantitative estimate of drug-likeness (QED) is 0.409. The monoisotopic (exact) mass is 117 g/mol. The van der Waals surface area contributed by atoms with Gasteiger partial charge in [-0.15, -0.1) is 0 Å². The molecule has 0 atom stereocenters. The average molecular weight is 117 g/mol. The Kier molecular flexibility index (Phi) is 1.83. The van der Waals surface area contributed by atoms with E-state index in [4.69, 9.17) is 5.26 Å². The van der Waals surface area contributed by atoms with Gasteiger partial charge < -0.3 is 4.90 Å². The van der Waals surface area contributed by atoms with E-state index in [9.17, 15) is 0 Å². The van der Waals surface area contributed by atoms with Crippen LogP contribution in [-0.2, 0) is 4.89 Å². The lowest BCUT2D eigenvalue weighted by Crippen LogP contribution is -2.45. The highest BCUT2D eigenvalue weighted by Crippen LogP contribution is 2.11. The van der Waals surface area contributed by atoms with Crippen molar-refractivity contribution in [3.8, 4) is 0 Å². The third-order valence-corrected chi connectivity index (χ3v) is 1.45. The fraction of sp³-hybridized carbons (Fsp3) is 1.00. The van der Waals surface area contributed by atoms with Gasteiger partial charge in [-0.2, -0.15) is 0 Å². The van der Waals surface area contributed by atoms with Crippen molar-refractivity contribution >= 4 is 0 Å². The van der Waals surface area contributed by atoms with Gasteiger partial charge in [-0.25, -0.2) is 4.89 Å². The second-order valence-corrected chi connectivity index (χ2v) is 2.38. The molecular formula is C5H11NO2. The summed E-state index contributed by atoms with van der Waals surface area (Å²) in [5.41, 5.74) is 0. The fourth-order valence-electron chi connectivity index (χ4n) is 1.04. The molecule has 8 heavy (non-hydrogen) atoms. The SMILES string of the molecule is CN1CC(COO)C1. The van der Waals surface area contributed by atoms with Crippen molar-refractivity contribution < 1.29 is 10.1 Å². The predicted molar refractivity (Wildman–Crippen MR) is 29.6 cm³/mol. The Labute approximate surface area is 48.8 Å². The van der Waals surface area contributed by atoms with E-state index < -0.39 is 0 Å². The smallest absolute Gasteiger partial charge is 0.0872 e. The molecule has 48 valence electrons. The van der Waals surface area contributed by atoms with Crippen molar-refractivity contribution in [1.29, 1.82) is 0 Å². The molecule has 0 aromatic carbocycles. The van der Waals surface area contributed by atoms with Gasteiger partial charge in [0.25, 0.3) is 0 Å². The average Bonchev–Trinajstić information content (AvgIpc) is 1.64. The van der Waals surface area contributed by atoms with Crippen LogP contribution < -0.4 is 0 Å². The molecule has 1 aliphatic heterocycles. The Morgan fingerprint density at radius 2 is 2.38 bits per heavy atom. The van der Waals surface area contributed by atoms with Crippen LogP contribution in [0.2, 0.25) is 0 Å². The minimum Gasteiger partial charge on any atom is -0.306 e. The molecule has 0 aromatic heterocycles. The summed E-state index contributed by atoms with van der Waals surface area (Å²) in [5.74, 6) is 0.560. The zero-order valence-corrected chi connectivity index (χ0v) is 5.00. The minimum atomic E-state index is 0.490. The molecule has 0 aromatic rings. The molecule has 1 fully saturated rings. The normalized spacial score (nSPS) is 23.2. The van der Waals surface area contributed by atoms with Gasteiger partial charge in [-0.3, -0.25) is 5.26 Å². The molecule has 1 rings (SSSR count). The van der Waals surface area contributed by atoms with E-state index >= 15 is 0 Å². The van der Waals surface area contributed by atoms with Crippen LogP contribution in [0.15, 0.2) is 0 Å². The van der Waals surface area contributed by atoms with Gasteiger partial charge in [0.05, 0.1) is 6.61 Å². The van der Waals surface area contributed by atoms with Gasteiger partial charge in [0.2, 0.25) is 0 Å². The maximum absolute atomic E-state index is 7.97. The summed E-state index contributed by atoms with van der Waals surface area (Å²) in [6.45, 7) is 2.60. The van der Waals surface area contributed by atoms with Crippen molar-refractivity contribution in [2.45, 2.75) is 0 Å². The van der Waals surface area contributed by atoms with Crippen LogP contribution in [0, 0.1) is 5.92 Å². The summed E-state index contributed by atoms with van der Waals surface area (Å²) < 4.78 is 0. The largest absolute Gasteiger partial charge is 0.306 e. The van der Waals surface area contributed by atoms with Crippen molar-refractivity contribution in [3.63, 3.8) is 0 Å². The summed E-state index contributed by atoms with van der Waals surface area (Å²) in [5, 5.41) is 7.97. The van der Waals surface area contributed by atoms with Gasteiger partial charge in [0.15, 0.2) is 0 Å². The van der Waals surface area contributed by atoms with Crippen LogP contribution in [0.5, 0.6) is 0 Å². The Morgan fingerprint density at radius 3 is 2.75 bits per heavy atom. The highest BCUT2D eigenvalue weighted by molar-refractivity contribution is 4.75. The van der Waals surface area contributed by atoms with Gasteiger partial charge >= 0.3 is 0 Å². The predicted octanol–water partition coefficient (Wildman–Crippen LogP) is 0.0376. The highest BCUT2D eigenvalue weighted by atomic mass is 17.1. The Morgan fingerprint density at radius 1 is 1.75 bits per heavy atom. The number of hydrogen-bond acceptors (Lipinski definition) is 3. The molecule has 0 unspecified atom stereocenters. The molecule has 1 aliphatic rings. The van der Waals surface area contributed by atoms with E-state index in [2.05, 4.69) is 9.79 Å². The van der Waals surface area contributed by atoms with Gasteiger partial charge in [-0.1, -0.05) is 0 Å². The lowest BCUT2D eigenvalue weighted by atomic mass is 10.0. The molecule has 0 radical (unpaired) electrons. The van der Waals surface area contributed by atoms with Crippen molar-refractivity contribution in [1.82, 2.24) is 4.90 Å². The molecule has 0 bridgehead atoms. The van der Waals surface area contributed by atoms with Gasteiger partial charge in [0.1, 0.15) is 0 Å². The van der Waals surface area contributed by atoms with Crippen LogP contribution in [0.1, 0.15) is 0 Å². The standard InChI is InChI=1S/C5H11NO2/c1-6-2-5(3-6)4-8-7/h5,7H,2-4H2,1H3. The molecule has 0 saturated carbocycles. The van der Waals surface area contributed by atoms with Crippen LogP contribution in [0.3, 0.4) is 0 Å². The van der Waals surface area contributed by atoms with E-state index in [-0.39, 0.29) is 0 Å². The third-order valence-electron chi connectivity index (χ3n) is 1.45. The zero-order chi connectivity index (χ0) is 5.98. The first-order valence-corrected chi connectivity index (χ1v) is 2.78. The zero-order valence-electron chi connectivity index (χ0n) is 5.00. The lowest BCUT2D eigenvalue weighted by Gasteiger charge is -2.34. The van der Waals surface area contributed by atoms with Crippen LogP contribution >= 0.6 is 0 Å². The first-order chi connectivity index (χ1) is 3.83. The van der Waals surface area contributed by atoms with E-state index in [1.165, 1.54) is 0 Å². The lowest BCUT2D eigenvalue weighted by molar-refractivity contribution is -0.257. The molecule has 0 aliphatic carbocycles. The molecule has 0 amide bonds. The van der Waals surface area contributed by atoms with Crippen molar-refractivity contribution in [2.75, 3.05) is 26.7 Å². The van der Waals surface area contributed by atoms with Crippen LogP contribution in [-0.4, -0.2) is 36.9 Å². The molecule has 1 heterocycles. The maximum Gasteiger partial charge on any atom is 0.0872 e. The second-order valence-electron chi connectivity index (χ2n) is 2.38. The van der Waals surface area contributed by atoms with E-state index in [0.29, 0.717) is 12.5 Å². The van der Waals surface area contributed by atoms with E-state index in [1.807, 2.05) is 7.05 Å². The second kappa shape index (κ2) is 2.44. The number of hydrogen-bond donors (Lipinski definition) is 1. The van der Waals surface area contributed by atoms with E-state index in [1.54, 1.807) is 0 Å².